The Morgan fingerprint density at radius 2 is 2.08 bits per heavy atom. The summed E-state index contributed by atoms with van der Waals surface area (Å²) in [6, 6.07) is 0.377. The molecule has 1 atom stereocenters. The van der Waals surface area contributed by atoms with Gasteiger partial charge >= 0.3 is 0 Å². The minimum atomic E-state index is -2.35. The van der Waals surface area contributed by atoms with Crippen LogP contribution in [0.4, 0.5) is 8.78 Å². The van der Waals surface area contributed by atoms with Crippen LogP contribution >= 0.6 is 0 Å². The molecule has 1 N–H and O–H groups in total. The lowest BCUT2D eigenvalue weighted by Crippen LogP contribution is -2.26. The zero-order valence-electron chi connectivity index (χ0n) is 7.65. The van der Waals surface area contributed by atoms with Gasteiger partial charge in [0.1, 0.15) is 6.61 Å². The molecule has 0 spiro atoms. The van der Waals surface area contributed by atoms with E-state index in [1.807, 2.05) is 14.0 Å². The molecule has 1 unspecified atom stereocenters. The van der Waals surface area contributed by atoms with E-state index in [0.717, 1.165) is 12.8 Å². The Hall–Kier alpha value is -0.220. The Labute approximate surface area is 72.3 Å². The first kappa shape index (κ1) is 11.8. The lowest BCUT2D eigenvalue weighted by Gasteiger charge is -2.13. The van der Waals surface area contributed by atoms with Crippen LogP contribution in [-0.4, -0.2) is 32.7 Å². The summed E-state index contributed by atoms with van der Waals surface area (Å²) in [6.07, 6.45) is -0.562. The molecule has 74 valence electrons. The number of rotatable bonds is 7. The van der Waals surface area contributed by atoms with Gasteiger partial charge in [0.2, 0.25) is 0 Å². The molecule has 0 amide bonds. The number of hydrogen-bond donors (Lipinski definition) is 1. The van der Waals surface area contributed by atoms with Crippen molar-refractivity contribution < 1.29 is 13.5 Å². The maximum absolute atomic E-state index is 11.6. The van der Waals surface area contributed by atoms with Crippen LogP contribution in [0.15, 0.2) is 0 Å². The summed E-state index contributed by atoms with van der Waals surface area (Å²) in [6.45, 7) is 2.01. The second kappa shape index (κ2) is 7.43. The zero-order valence-corrected chi connectivity index (χ0v) is 7.65. The van der Waals surface area contributed by atoms with E-state index in [-0.39, 0.29) is 0 Å². The van der Waals surface area contributed by atoms with Gasteiger partial charge in [0.05, 0.1) is 0 Å². The van der Waals surface area contributed by atoms with Crippen molar-refractivity contribution in [3.8, 4) is 0 Å². The largest absolute Gasteiger partial charge is 0.375 e. The van der Waals surface area contributed by atoms with Crippen LogP contribution in [0.1, 0.15) is 19.8 Å². The molecule has 0 radical (unpaired) electrons. The van der Waals surface area contributed by atoms with E-state index >= 15 is 0 Å². The van der Waals surface area contributed by atoms with Gasteiger partial charge in [0.15, 0.2) is 0 Å². The van der Waals surface area contributed by atoms with Crippen molar-refractivity contribution in [2.24, 2.45) is 0 Å². The van der Waals surface area contributed by atoms with Crippen LogP contribution in [-0.2, 0) is 4.74 Å². The maximum Gasteiger partial charge on any atom is 0.261 e. The highest BCUT2D eigenvalue weighted by atomic mass is 19.3. The van der Waals surface area contributed by atoms with Gasteiger partial charge in [-0.2, -0.15) is 0 Å². The molecule has 4 heteroatoms. The van der Waals surface area contributed by atoms with Crippen molar-refractivity contribution in [1.82, 2.24) is 5.32 Å². The first-order valence-electron chi connectivity index (χ1n) is 4.23. The van der Waals surface area contributed by atoms with Crippen molar-refractivity contribution in [3.05, 3.63) is 0 Å². The highest BCUT2D eigenvalue weighted by Gasteiger charge is 2.04. The summed E-state index contributed by atoms with van der Waals surface area (Å²) in [5, 5.41) is 3.07. The number of ether oxygens (including phenoxy) is 1. The summed E-state index contributed by atoms with van der Waals surface area (Å²) in [4.78, 5) is 0. The van der Waals surface area contributed by atoms with E-state index in [1.54, 1.807) is 0 Å². The minimum absolute atomic E-state index is 0.377. The fourth-order valence-corrected chi connectivity index (χ4v) is 0.951. The average Bonchev–Trinajstić information content (AvgIpc) is 2.04. The predicted molar refractivity (Wildman–Crippen MR) is 44.6 cm³/mol. The highest BCUT2D eigenvalue weighted by Crippen LogP contribution is 1.98. The van der Waals surface area contributed by atoms with Gasteiger partial charge in [0.25, 0.3) is 6.43 Å². The van der Waals surface area contributed by atoms with Gasteiger partial charge in [-0.1, -0.05) is 6.92 Å². The number of hydrogen-bond acceptors (Lipinski definition) is 2. The summed E-state index contributed by atoms with van der Waals surface area (Å²) in [5.74, 6) is 0. The Balaban J connectivity index is 3.17. The molecule has 0 aliphatic heterocycles. The standard InChI is InChI=1S/C8H17F2NO/c1-3-7(11-2)4-5-12-6-8(9)10/h7-8,11H,3-6H2,1-2H3. The molecule has 0 fully saturated rings. The van der Waals surface area contributed by atoms with Crippen molar-refractivity contribution in [1.29, 1.82) is 0 Å². The molecule has 0 aliphatic carbocycles. The molecule has 12 heavy (non-hydrogen) atoms. The second-order valence-corrected chi connectivity index (χ2v) is 2.65. The Morgan fingerprint density at radius 1 is 1.42 bits per heavy atom. The summed E-state index contributed by atoms with van der Waals surface area (Å²) in [5.41, 5.74) is 0. The normalized spacial score (nSPS) is 13.8. The Bertz CT molecular complexity index is 97.1. The zero-order chi connectivity index (χ0) is 9.40. The molecule has 0 aliphatic rings. The van der Waals surface area contributed by atoms with Crippen LogP contribution in [0.3, 0.4) is 0 Å². The molecule has 0 saturated heterocycles. The van der Waals surface area contributed by atoms with Crippen LogP contribution in [0.25, 0.3) is 0 Å². The Morgan fingerprint density at radius 3 is 2.50 bits per heavy atom. The lowest BCUT2D eigenvalue weighted by molar-refractivity contribution is 0.0145. The first-order chi connectivity index (χ1) is 5.70. The molecule has 0 bridgehead atoms. The number of halogens is 2. The predicted octanol–water partition coefficient (Wildman–Crippen LogP) is 1.66. The molecule has 2 nitrogen and oxygen atoms in total. The molecule has 0 aromatic carbocycles. The molecule has 0 rings (SSSR count). The maximum atomic E-state index is 11.6. The Kier molecular flexibility index (Phi) is 7.29. The topological polar surface area (TPSA) is 21.3 Å². The van der Waals surface area contributed by atoms with Crippen molar-refractivity contribution >= 4 is 0 Å². The third-order valence-corrected chi connectivity index (χ3v) is 1.76. The first-order valence-corrected chi connectivity index (χ1v) is 4.23. The smallest absolute Gasteiger partial charge is 0.261 e. The van der Waals surface area contributed by atoms with Crippen molar-refractivity contribution in [2.75, 3.05) is 20.3 Å². The van der Waals surface area contributed by atoms with E-state index in [9.17, 15) is 8.78 Å². The molecule has 0 aromatic heterocycles. The van der Waals surface area contributed by atoms with E-state index in [0.29, 0.717) is 12.6 Å². The highest BCUT2D eigenvalue weighted by molar-refractivity contribution is 4.60. The summed E-state index contributed by atoms with van der Waals surface area (Å²) in [7, 11) is 1.86. The lowest BCUT2D eigenvalue weighted by atomic mass is 10.2. The fraction of sp³-hybridized carbons (Fsp3) is 1.00. The summed E-state index contributed by atoms with van der Waals surface area (Å²) >= 11 is 0. The minimum Gasteiger partial charge on any atom is -0.375 e. The van der Waals surface area contributed by atoms with E-state index in [4.69, 9.17) is 4.74 Å². The van der Waals surface area contributed by atoms with Crippen LogP contribution < -0.4 is 5.32 Å². The van der Waals surface area contributed by atoms with Crippen molar-refractivity contribution in [3.63, 3.8) is 0 Å². The van der Waals surface area contributed by atoms with Gasteiger partial charge in [0, 0.05) is 12.6 Å². The number of nitrogens with one attached hydrogen (secondary N) is 1. The van der Waals surface area contributed by atoms with E-state index in [2.05, 4.69) is 5.32 Å². The molecule has 0 aromatic rings. The van der Waals surface area contributed by atoms with Gasteiger partial charge in [-0.25, -0.2) is 8.78 Å². The molecular weight excluding hydrogens is 164 g/mol. The third kappa shape index (κ3) is 6.49. The van der Waals surface area contributed by atoms with E-state index in [1.165, 1.54) is 0 Å². The van der Waals surface area contributed by atoms with Crippen molar-refractivity contribution in [2.45, 2.75) is 32.2 Å². The van der Waals surface area contributed by atoms with Gasteiger partial charge in [-0.3, -0.25) is 0 Å². The van der Waals surface area contributed by atoms with Gasteiger partial charge < -0.3 is 10.1 Å². The van der Waals surface area contributed by atoms with E-state index < -0.39 is 13.0 Å². The number of alkyl halides is 2. The fourth-order valence-electron chi connectivity index (χ4n) is 0.951. The van der Waals surface area contributed by atoms with Gasteiger partial charge in [-0.05, 0) is 19.9 Å². The molecule has 0 saturated carbocycles. The molecular formula is C8H17F2NO. The SMILES string of the molecule is CCC(CCOCC(F)F)NC. The van der Waals surface area contributed by atoms with Gasteiger partial charge in [-0.15, -0.1) is 0 Å². The second-order valence-electron chi connectivity index (χ2n) is 2.65. The third-order valence-electron chi connectivity index (χ3n) is 1.76. The van der Waals surface area contributed by atoms with Crippen LogP contribution in [0, 0.1) is 0 Å². The molecule has 0 heterocycles. The monoisotopic (exact) mass is 181 g/mol. The summed E-state index contributed by atoms with van der Waals surface area (Å²) < 4.78 is 27.9. The van der Waals surface area contributed by atoms with Crippen LogP contribution in [0.2, 0.25) is 0 Å². The van der Waals surface area contributed by atoms with Crippen LogP contribution in [0.5, 0.6) is 0 Å². The average molecular weight is 181 g/mol. The quantitative estimate of drug-likeness (QED) is 0.603.